The minimum atomic E-state index is -0.140. The maximum absolute atomic E-state index is 12.3. The Morgan fingerprint density at radius 2 is 2.04 bits per heavy atom. The number of carbonyl (C=O) groups is 1. The summed E-state index contributed by atoms with van der Waals surface area (Å²) in [5, 5.41) is 2.95. The summed E-state index contributed by atoms with van der Waals surface area (Å²) in [6.45, 7) is 5.71. The zero-order valence-corrected chi connectivity index (χ0v) is 14.2. The number of hydrogen-bond acceptors (Lipinski definition) is 3. The summed E-state index contributed by atoms with van der Waals surface area (Å²) < 4.78 is 0. The second-order valence-electron chi connectivity index (χ2n) is 5.78. The van der Waals surface area contributed by atoms with E-state index in [1.165, 1.54) is 5.56 Å². The first-order valence-corrected chi connectivity index (χ1v) is 8.11. The van der Waals surface area contributed by atoms with Gasteiger partial charge in [-0.05, 0) is 36.6 Å². The average Bonchev–Trinajstić information content (AvgIpc) is 2.58. The number of carbonyl (C=O) groups excluding carboxylic acids is 1. The van der Waals surface area contributed by atoms with Crippen LogP contribution in [0.3, 0.4) is 0 Å². The molecule has 0 saturated carbocycles. The number of unbranched alkanes of at least 4 members (excludes halogenated alkanes) is 1. The third-order valence-corrected chi connectivity index (χ3v) is 3.96. The lowest BCUT2D eigenvalue weighted by Crippen LogP contribution is -2.25. The second kappa shape index (κ2) is 8.32. The number of hydrogen-bond donors (Lipinski definition) is 1. The van der Waals surface area contributed by atoms with Crippen LogP contribution in [0.4, 0.5) is 5.69 Å². The van der Waals surface area contributed by atoms with Crippen molar-refractivity contribution in [3.63, 3.8) is 0 Å². The Kier molecular flexibility index (Phi) is 6.15. The first kappa shape index (κ1) is 17.0. The van der Waals surface area contributed by atoms with Crippen molar-refractivity contribution in [2.45, 2.75) is 33.2 Å². The zero-order valence-electron chi connectivity index (χ0n) is 14.2. The van der Waals surface area contributed by atoms with Crippen LogP contribution >= 0.6 is 0 Å². The maximum atomic E-state index is 12.3. The number of rotatable bonds is 7. The number of pyridine rings is 1. The van der Waals surface area contributed by atoms with Gasteiger partial charge in [-0.2, -0.15) is 0 Å². The molecule has 0 bridgehead atoms. The Morgan fingerprint density at radius 1 is 1.26 bits per heavy atom. The molecule has 0 radical (unpaired) electrons. The van der Waals surface area contributed by atoms with Crippen molar-refractivity contribution in [1.82, 2.24) is 10.3 Å². The SMILES string of the molecule is CCCCN(C)c1ccnc(C(=O)NCc2ccccc2C)c1. The third kappa shape index (κ3) is 4.81. The number of nitrogens with one attached hydrogen (secondary N) is 1. The maximum Gasteiger partial charge on any atom is 0.270 e. The Labute approximate surface area is 138 Å². The number of aryl methyl sites for hydroxylation is 1. The summed E-state index contributed by atoms with van der Waals surface area (Å²) in [5.74, 6) is -0.140. The predicted molar refractivity (Wildman–Crippen MR) is 94.8 cm³/mol. The van der Waals surface area contributed by atoms with E-state index < -0.39 is 0 Å². The standard InChI is InChI=1S/C19H25N3O/c1-4-5-12-22(3)17-10-11-20-18(13-17)19(23)21-14-16-9-7-6-8-15(16)2/h6-11,13H,4-5,12,14H2,1-3H3,(H,21,23). The van der Waals surface area contributed by atoms with Crippen molar-refractivity contribution in [3.8, 4) is 0 Å². The van der Waals surface area contributed by atoms with Gasteiger partial charge >= 0.3 is 0 Å². The molecule has 1 amide bonds. The molecule has 0 spiro atoms. The van der Waals surface area contributed by atoms with E-state index in [2.05, 4.69) is 22.1 Å². The second-order valence-corrected chi connectivity index (χ2v) is 5.78. The molecule has 2 rings (SSSR count). The van der Waals surface area contributed by atoms with E-state index in [0.717, 1.165) is 30.6 Å². The quantitative estimate of drug-likeness (QED) is 0.850. The normalized spacial score (nSPS) is 10.4. The molecule has 1 aromatic heterocycles. The molecule has 4 heteroatoms. The molecule has 122 valence electrons. The average molecular weight is 311 g/mol. The van der Waals surface area contributed by atoms with Crippen LogP contribution < -0.4 is 10.2 Å². The zero-order chi connectivity index (χ0) is 16.7. The van der Waals surface area contributed by atoms with E-state index in [1.54, 1.807) is 6.20 Å². The van der Waals surface area contributed by atoms with Crippen molar-refractivity contribution in [2.75, 3.05) is 18.5 Å². The predicted octanol–water partition coefficient (Wildman–Crippen LogP) is 3.56. The lowest BCUT2D eigenvalue weighted by molar-refractivity contribution is 0.0946. The Morgan fingerprint density at radius 3 is 2.78 bits per heavy atom. The molecular weight excluding hydrogens is 286 g/mol. The van der Waals surface area contributed by atoms with Crippen LogP contribution in [0.15, 0.2) is 42.6 Å². The van der Waals surface area contributed by atoms with Crippen molar-refractivity contribution in [2.24, 2.45) is 0 Å². The number of amides is 1. The molecule has 0 atom stereocenters. The molecule has 0 unspecified atom stereocenters. The molecule has 1 N–H and O–H groups in total. The number of nitrogens with zero attached hydrogens (tertiary/aromatic N) is 2. The number of benzene rings is 1. The molecule has 4 nitrogen and oxygen atoms in total. The molecule has 1 aromatic carbocycles. The van der Waals surface area contributed by atoms with Gasteiger partial charge in [-0.15, -0.1) is 0 Å². The number of aromatic nitrogens is 1. The molecular formula is C19H25N3O. The fraction of sp³-hybridized carbons (Fsp3) is 0.368. The summed E-state index contributed by atoms with van der Waals surface area (Å²) in [7, 11) is 2.04. The molecule has 1 heterocycles. The fourth-order valence-corrected chi connectivity index (χ4v) is 2.38. The fourth-order valence-electron chi connectivity index (χ4n) is 2.38. The molecule has 0 fully saturated rings. The van der Waals surface area contributed by atoms with E-state index in [-0.39, 0.29) is 5.91 Å². The van der Waals surface area contributed by atoms with Crippen molar-refractivity contribution < 1.29 is 4.79 Å². The van der Waals surface area contributed by atoms with Gasteiger partial charge in [0.25, 0.3) is 5.91 Å². The highest BCUT2D eigenvalue weighted by Crippen LogP contribution is 2.14. The highest BCUT2D eigenvalue weighted by molar-refractivity contribution is 5.93. The Balaban J connectivity index is 2.01. The van der Waals surface area contributed by atoms with Crippen molar-refractivity contribution >= 4 is 11.6 Å². The van der Waals surface area contributed by atoms with Gasteiger partial charge in [0.2, 0.25) is 0 Å². The summed E-state index contributed by atoms with van der Waals surface area (Å²) in [6, 6.07) is 11.8. The van der Waals surface area contributed by atoms with Crippen molar-refractivity contribution in [1.29, 1.82) is 0 Å². The summed E-state index contributed by atoms with van der Waals surface area (Å²) >= 11 is 0. The smallest absolute Gasteiger partial charge is 0.270 e. The van der Waals surface area contributed by atoms with Crippen molar-refractivity contribution in [3.05, 3.63) is 59.4 Å². The first-order chi connectivity index (χ1) is 11.1. The van der Waals surface area contributed by atoms with Crippen LogP contribution in [-0.2, 0) is 6.54 Å². The van der Waals surface area contributed by atoms with Crippen LogP contribution in [0, 0.1) is 6.92 Å². The monoisotopic (exact) mass is 311 g/mol. The van der Waals surface area contributed by atoms with E-state index in [9.17, 15) is 4.79 Å². The van der Waals surface area contributed by atoms with E-state index in [4.69, 9.17) is 0 Å². The van der Waals surface area contributed by atoms with Gasteiger partial charge in [0.05, 0.1) is 0 Å². The van der Waals surface area contributed by atoms with E-state index >= 15 is 0 Å². The molecule has 2 aromatic rings. The minimum absolute atomic E-state index is 0.140. The number of anilines is 1. The summed E-state index contributed by atoms with van der Waals surface area (Å²) in [4.78, 5) is 18.7. The van der Waals surface area contributed by atoms with Crippen LogP contribution in [0.2, 0.25) is 0 Å². The van der Waals surface area contributed by atoms with Gasteiger partial charge < -0.3 is 10.2 Å². The molecule has 0 aliphatic carbocycles. The highest BCUT2D eigenvalue weighted by atomic mass is 16.1. The van der Waals surface area contributed by atoms with E-state index in [1.807, 2.05) is 50.4 Å². The third-order valence-electron chi connectivity index (χ3n) is 3.96. The minimum Gasteiger partial charge on any atom is -0.374 e. The largest absolute Gasteiger partial charge is 0.374 e. The van der Waals surface area contributed by atoms with Gasteiger partial charge in [0, 0.05) is 32.0 Å². The van der Waals surface area contributed by atoms with E-state index in [0.29, 0.717) is 12.2 Å². The van der Waals surface area contributed by atoms with Gasteiger partial charge in [0.15, 0.2) is 0 Å². The molecule has 0 saturated heterocycles. The molecule has 0 aliphatic rings. The summed E-state index contributed by atoms with van der Waals surface area (Å²) in [6.07, 6.45) is 3.98. The lowest BCUT2D eigenvalue weighted by atomic mass is 10.1. The molecule has 23 heavy (non-hydrogen) atoms. The van der Waals surface area contributed by atoms with Gasteiger partial charge in [0.1, 0.15) is 5.69 Å². The van der Waals surface area contributed by atoms with Gasteiger partial charge in [-0.1, -0.05) is 37.6 Å². The molecule has 0 aliphatic heterocycles. The first-order valence-electron chi connectivity index (χ1n) is 8.11. The topological polar surface area (TPSA) is 45.2 Å². The van der Waals surface area contributed by atoms with Gasteiger partial charge in [-0.3, -0.25) is 9.78 Å². The van der Waals surface area contributed by atoms with Gasteiger partial charge in [-0.25, -0.2) is 0 Å². The summed E-state index contributed by atoms with van der Waals surface area (Å²) in [5.41, 5.74) is 3.78. The highest BCUT2D eigenvalue weighted by Gasteiger charge is 2.10. The van der Waals surface area contributed by atoms with Crippen LogP contribution in [0.1, 0.15) is 41.4 Å². The van der Waals surface area contributed by atoms with Crippen LogP contribution in [-0.4, -0.2) is 24.5 Å². The lowest BCUT2D eigenvalue weighted by Gasteiger charge is -2.19. The Hall–Kier alpha value is -2.36. The van der Waals surface area contributed by atoms with Crippen LogP contribution in [0.5, 0.6) is 0 Å². The van der Waals surface area contributed by atoms with Crippen LogP contribution in [0.25, 0.3) is 0 Å². The Bertz CT molecular complexity index is 655.